The van der Waals surface area contributed by atoms with Crippen molar-refractivity contribution in [3.05, 3.63) is 209 Å². The Kier molecular flexibility index (Phi) is 14.7. The third-order valence-corrected chi connectivity index (χ3v) is 13.1. The van der Waals surface area contributed by atoms with E-state index < -0.39 is 69.3 Å². The van der Waals surface area contributed by atoms with E-state index in [0.29, 0.717) is 17.0 Å². The normalized spacial score (nSPS) is 13.1. The third-order valence-electron chi connectivity index (χ3n) is 13.1. The first-order chi connectivity index (χ1) is 33.0. The molecule has 0 bridgehead atoms. The van der Waals surface area contributed by atoms with Gasteiger partial charge in [-0.05, 0) is 135 Å². The lowest BCUT2D eigenvalue weighted by Gasteiger charge is -2.18. The van der Waals surface area contributed by atoms with E-state index in [1.807, 2.05) is 31.2 Å². The summed E-state index contributed by atoms with van der Waals surface area (Å²) in [6.07, 6.45) is 8.74. The molecule has 1 unspecified atom stereocenters. The number of aryl methyl sites for hydroxylation is 5. The van der Waals surface area contributed by atoms with Crippen LogP contribution in [0.2, 0.25) is 0 Å². The lowest BCUT2D eigenvalue weighted by atomic mass is 9.85. The highest BCUT2D eigenvalue weighted by Gasteiger charge is 2.29. The highest BCUT2D eigenvalue weighted by Crippen LogP contribution is 2.30. The molecule has 6 aromatic rings. The fourth-order valence-electron chi connectivity index (χ4n) is 8.93. The van der Waals surface area contributed by atoms with Crippen molar-refractivity contribution in [2.75, 3.05) is 0 Å². The predicted octanol–water partition coefficient (Wildman–Crippen LogP) is 10.7. The lowest BCUT2D eigenvalue weighted by Crippen LogP contribution is -2.18. The summed E-state index contributed by atoms with van der Waals surface area (Å²) in [6.45, 7) is 5.97. The number of benzene rings is 6. The van der Waals surface area contributed by atoms with Crippen molar-refractivity contribution in [1.29, 1.82) is 0 Å². The average Bonchev–Trinajstić information content (AvgIpc) is 3.36. The van der Waals surface area contributed by atoms with Gasteiger partial charge >= 0.3 is 23.9 Å². The number of carbonyl (C=O) groups is 8. The van der Waals surface area contributed by atoms with Crippen LogP contribution in [-0.4, -0.2) is 67.4 Å². The smallest absolute Gasteiger partial charge is 0.336 e. The minimum absolute atomic E-state index is 0.190. The number of hydrogen-bond donors (Lipinski definition) is 4. The molecule has 0 amide bonds. The standard InChI is InChI=1S/C30H26O6.C27H24O6/c31-27(21-11-9-17-5-1-3-7-19(17)13-21)23-15-24(26(30(35)36)16-25(23)29(33)34)28(32)22-12-10-18-6-2-4-8-20(18)14-22;1-4-16(3)17-9-11-19(12-10-17)25(29)21-13-20(22(26(30)31)14-23(21)27(32)33)24(28)18-7-5-15(2)6-8-18/h9-16H,1-8H2,(H,33,34)(H,35,36);5-14,16H,4H2,1-3H3,(H,30,31)(H,32,33). The number of rotatable bonds is 14. The van der Waals surface area contributed by atoms with Crippen molar-refractivity contribution in [3.8, 4) is 0 Å². The summed E-state index contributed by atoms with van der Waals surface area (Å²) < 4.78 is 0. The summed E-state index contributed by atoms with van der Waals surface area (Å²) in [4.78, 5) is 101. The molecule has 0 aliphatic heterocycles. The van der Waals surface area contributed by atoms with E-state index in [2.05, 4.69) is 13.8 Å². The van der Waals surface area contributed by atoms with Gasteiger partial charge in [-0.25, -0.2) is 19.2 Å². The molecule has 0 heterocycles. The molecule has 0 aromatic heterocycles. The van der Waals surface area contributed by atoms with Gasteiger partial charge in [0.15, 0.2) is 23.1 Å². The molecule has 6 aromatic carbocycles. The zero-order valence-corrected chi connectivity index (χ0v) is 38.4. The number of fused-ring (bicyclic) bond motifs is 2. The molecule has 12 heteroatoms. The van der Waals surface area contributed by atoms with E-state index >= 15 is 0 Å². The van der Waals surface area contributed by atoms with Gasteiger partial charge in [-0.3, -0.25) is 19.2 Å². The fraction of sp³-hybridized carbons (Fsp3) is 0.228. The first kappa shape index (κ1) is 48.8. The molecule has 4 N–H and O–H groups in total. The van der Waals surface area contributed by atoms with Crippen molar-refractivity contribution in [3.63, 3.8) is 0 Å². The van der Waals surface area contributed by atoms with Gasteiger partial charge in [-0.2, -0.15) is 0 Å². The Morgan fingerprint density at radius 3 is 1.01 bits per heavy atom. The van der Waals surface area contributed by atoms with E-state index in [-0.39, 0.29) is 33.4 Å². The number of carboxylic acid groups (broad SMARTS) is 4. The summed E-state index contributed by atoms with van der Waals surface area (Å²) in [5.74, 6) is -7.75. The van der Waals surface area contributed by atoms with Crippen LogP contribution < -0.4 is 0 Å². The Morgan fingerprint density at radius 2 is 0.681 bits per heavy atom. The Balaban J connectivity index is 0.000000205. The molecule has 12 nitrogen and oxygen atoms in total. The molecule has 0 fully saturated rings. The first-order valence-corrected chi connectivity index (χ1v) is 22.9. The van der Waals surface area contributed by atoms with Crippen LogP contribution in [0.1, 0.15) is 190 Å². The van der Waals surface area contributed by atoms with E-state index in [0.717, 1.165) is 104 Å². The molecule has 2 aliphatic rings. The molecule has 0 saturated heterocycles. The van der Waals surface area contributed by atoms with Crippen LogP contribution in [0, 0.1) is 6.92 Å². The minimum Gasteiger partial charge on any atom is -0.478 e. The molecule has 1 atom stereocenters. The maximum Gasteiger partial charge on any atom is 0.336 e. The summed E-state index contributed by atoms with van der Waals surface area (Å²) in [6, 6.07) is 28.2. The maximum atomic E-state index is 13.5. The Labute approximate surface area is 398 Å². The number of carboxylic acids is 4. The van der Waals surface area contributed by atoms with Crippen LogP contribution in [0.15, 0.2) is 109 Å². The van der Waals surface area contributed by atoms with E-state index in [4.69, 9.17) is 0 Å². The quantitative estimate of drug-likeness (QED) is 0.0750. The van der Waals surface area contributed by atoms with Crippen molar-refractivity contribution >= 4 is 47.0 Å². The molecule has 8 rings (SSSR count). The van der Waals surface area contributed by atoms with E-state index in [9.17, 15) is 58.8 Å². The van der Waals surface area contributed by atoms with Gasteiger partial charge in [0.05, 0.1) is 22.3 Å². The molecule has 2 aliphatic carbocycles. The van der Waals surface area contributed by atoms with Crippen LogP contribution in [0.25, 0.3) is 0 Å². The summed E-state index contributed by atoms with van der Waals surface area (Å²) in [7, 11) is 0. The first-order valence-electron chi connectivity index (χ1n) is 22.9. The second-order valence-electron chi connectivity index (χ2n) is 17.6. The van der Waals surface area contributed by atoms with Gasteiger partial charge in [0.25, 0.3) is 0 Å². The van der Waals surface area contributed by atoms with Crippen LogP contribution in [-0.2, 0) is 25.7 Å². The molecule has 0 saturated carbocycles. The summed E-state index contributed by atoms with van der Waals surface area (Å²) >= 11 is 0. The highest BCUT2D eigenvalue weighted by atomic mass is 16.4. The number of aromatic carboxylic acids is 4. The van der Waals surface area contributed by atoms with Crippen molar-refractivity contribution < 1.29 is 58.8 Å². The summed E-state index contributed by atoms with van der Waals surface area (Å²) in [5.41, 5.74) is 4.94. The largest absolute Gasteiger partial charge is 0.478 e. The number of ketones is 4. The summed E-state index contributed by atoms with van der Waals surface area (Å²) in [5, 5.41) is 38.9. The zero-order valence-electron chi connectivity index (χ0n) is 38.4. The van der Waals surface area contributed by atoms with Gasteiger partial charge in [-0.1, -0.05) is 92.2 Å². The maximum absolute atomic E-state index is 13.5. The predicted molar refractivity (Wildman–Crippen MR) is 257 cm³/mol. The number of hydrogen-bond acceptors (Lipinski definition) is 8. The number of carbonyl (C=O) groups excluding carboxylic acids is 4. The topological polar surface area (TPSA) is 217 Å². The fourth-order valence-corrected chi connectivity index (χ4v) is 8.93. The highest BCUT2D eigenvalue weighted by molar-refractivity contribution is 6.21. The molecule has 0 spiro atoms. The average molecular weight is 927 g/mol. The molecular weight excluding hydrogens is 877 g/mol. The second-order valence-corrected chi connectivity index (χ2v) is 17.6. The lowest BCUT2D eigenvalue weighted by molar-refractivity contribution is 0.0673. The minimum atomic E-state index is -1.45. The molecule has 0 radical (unpaired) electrons. The molecular formula is C57H50O12. The Bertz CT molecular complexity index is 2980. The van der Waals surface area contributed by atoms with Crippen LogP contribution in [0.4, 0.5) is 0 Å². The second kappa shape index (κ2) is 20.8. The van der Waals surface area contributed by atoms with Crippen LogP contribution in [0.3, 0.4) is 0 Å². The van der Waals surface area contributed by atoms with Gasteiger partial charge in [0.1, 0.15) is 0 Å². The van der Waals surface area contributed by atoms with Gasteiger partial charge < -0.3 is 20.4 Å². The van der Waals surface area contributed by atoms with E-state index in [1.165, 1.54) is 11.1 Å². The van der Waals surface area contributed by atoms with Gasteiger partial charge in [-0.15, -0.1) is 0 Å². The van der Waals surface area contributed by atoms with Crippen LogP contribution in [0.5, 0.6) is 0 Å². The molecule has 69 heavy (non-hydrogen) atoms. The monoisotopic (exact) mass is 926 g/mol. The van der Waals surface area contributed by atoms with Gasteiger partial charge in [0, 0.05) is 44.5 Å². The SMILES string of the molecule is CCC(C)c1ccc(C(=O)c2cc(C(=O)c3ccc(C)cc3)c(C(=O)O)cc2C(=O)O)cc1.O=C(O)c1cc(C(=O)O)c(C(=O)c2ccc3c(c2)CCCC3)cc1C(=O)c1ccc2c(c1)CCCC2. The zero-order chi connectivity index (χ0) is 49.7. The van der Waals surface area contributed by atoms with Crippen molar-refractivity contribution in [2.45, 2.75) is 84.5 Å². The van der Waals surface area contributed by atoms with Gasteiger partial charge in [0.2, 0.25) is 0 Å². The van der Waals surface area contributed by atoms with Crippen molar-refractivity contribution in [1.82, 2.24) is 0 Å². The van der Waals surface area contributed by atoms with E-state index in [1.54, 1.807) is 60.7 Å². The Morgan fingerprint density at radius 1 is 0.391 bits per heavy atom. The van der Waals surface area contributed by atoms with Crippen molar-refractivity contribution in [2.24, 2.45) is 0 Å². The van der Waals surface area contributed by atoms with Crippen LogP contribution >= 0.6 is 0 Å². The molecule has 350 valence electrons. The Hall–Kier alpha value is -8.12. The third kappa shape index (κ3) is 10.6.